The highest BCUT2D eigenvalue weighted by atomic mass is 19.1. The van der Waals surface area contributed by atoms with Crippen molar-refractivity contribution >= 4 is 5.91 Å². The maximum absolute atomic E-state index is 13.3. The molecule has 0 spiro atoms. The first kappa shape index (κ1) is 18.3. The minimum absolute atomic E-state index is 0.129. The van der Waals surface area contributed by atoms with Crippen molar-refractivity contribution in [2.45, 2.75) is 46.2 Å². The summed E-state index contributed by atoms with van der Waals surface area (Å²) in [5.74, 6) is -0.448. The van der Waals surface area contributed by atoms with Gasteiger partial charge in [-0.1, -0.05) is 5.21 Å². The Bertz CT molecular complexity index is 1030. The van der Waals surface area contributed by atoms with E-state index < -0.39 is 0 Å². The molecule has 1 aliphatic carbocycles. The third-order valence-corrected chi connectivity index (χ3v) is 5.40. The van der Waals surface area contributed by atoms with E-state index in [4.69, 9.17) is 0 Å². The van der Waals surface area contributed by atoms with Crippen LogP contribution in [0, 0.1) is 26.6 Å². The van der Waals surface area contributed by atoms with Crippen LogP contribution in [0.25, 0.3) is 5.69 Å². The van der Waals surface area contributed by atoms with E-state index in [-0.39, 0.29) is 17.8 Å². The Balaban J connectivity index is 1.64. The zero-order chi connectivity index (χ0) is 20.0. The van der Waals surface area contributed by atoms with Crippen LogP contribution in [0.5, 0.6) is 0 Å². The quantitative estimate of drug-likeness (QED) is 0.680. The zero-order valence-corrected chi connectivity index (χ0v) is 16.5. The lowest BCUT2D eigenvalue weighted by Gasteiger charge is -2.22. The van der Waals surface area contributed by atoms with Crippen molar-refractivity contribution < 1.29 is 9.18 Å². The van der Waals surface area contributed by atoms with E-state index in [1.54, 1.807) is 16.8 Å². The summed E-state index contributed by atoms with van der Waals surface area (Å²) in [4.78, 5) is 15.2. The number of nitrogens with zero attached hydrogens (tertiary/aromatic N) is 6. The maximum Gasteiger partial charge on any atom is 0.276 e. The first-order chi connectivity index (χ1) is 13.4. The van der Waals surface area contributed by atoms with E-state index in [1.807, 2.05) is 37.4 Å². The first-order valence-electron chi connectivity index (χ1n) is 9.35. The number of carbonyl (C=O) groups excluding carboxylic acids is 1. The number of aryl methyl sites for hydroxylation is 2. The topological polar surface area (TPSA) is 68.8 Å². The van der Waals surface area contributed by atoms with E-state index in [2.05, 4.69) is 15.4 Å². The zero-order valence-electron chi connectivity index (χ0n) is 16.5. The second-order valence-corrected chi connectivity index (χ2v) is 7.35. The fraction of sp³-hybridized carbons (Fsp3) is 0.400. The lowest BCUT2D eigenvalue weighted by molar-refractivity contribution is 0.0722. The predicted molar refractivity (Wildman–Crippen MR) is 102 cm³/mol. The Labute approximate surface area is 162 Å². The predicted octanol–water partition coefficient (Wildman–Crippen LogP) is 2.87. The maximum atomic E-state index is 13.3. The van der Waals surface area contributed by atoms with E-state index >= 15 is 0 Å². The average Bonchev–Trinajstić information content (AvgIpc) is 3.39. The van der Waals surface area contributed by atoms with Gasteiger partial charge in [-0.25, -0.2) is 9.07 Å². The van der Waals surface area contributed by atoms with E-state index in [0.717, 1.165) is 29.8 Å². The molecule has 7 nitrogen and oxygen atoms in total. The fourth-order valence-corrected chi connectivity index (χ4v) is 3.46. The van der Waals surface area contributed by atoms with Crippen molar-refractivity contribution in [3.63, 3.8) is 0 Å². The summed E-state index contributed by atoms with van der Waals surface area (Å²) < 4.78 is 16.6. The van der Waals surface area contributed by atoms with Gasteiger partial charge in [-0.05, 0) is 57.9 Å². The van der Waals surface area contributed by atoms with Crippen LogP contribution in [0.3, 0.4) is 0 Å². The summed E-state index contributed by atoms with van der Waals surface area (Å²) in [5, 5.41) is 12.7. The summed E-state index contributed by atoms with van der Waals surface area (Å²) >= 11 is 0. The van der Waals surface area contributed by atoms with Crippen molar-refractivity contribution in [2.24, 2.45) is 7.05 Å². The molecule has 0 bridgehead atoms. The molecule has 0 saturated heterocycles. The number of carbonyl (C=O) groups is 1. The first-order valence-corrected chi connectivity index (χ1v) is 9.35. The van der Waals surface area contributed by atoms with Crippen LogP contribution >= 0.6 is 0 Å². The molecule has 0 atom stereocenters. The molecule has 28 heavy (non-hydrogen) atoms. The largest absolute Gasteiger partial charge is 0.330 e. The molecule has 2 heterocycles. The van der Waals surface area contributed by atoms with E-state index in [9.17, 15) is 9.18 Å². The molecule has 8 heteroatoms. The lowest BCUT2D eigenvalue weighted by atomic mass is 10.1. The van der Waals surface area contributed by atoms with Crippen LogP contribution in [0.2, 0.25) is 0 Å². The molecular formula is C20H23FN6O. The molecule has 2 aromatic heterocycles. The summed E-state index contributed by atoms with van der Waals surface area (Å²) in [5.41, 5.74) is 4.71. The number of aromatic nitrogens is 5. The molecule has 146 valence electrons. The van der Waals surface area contributed by atoms with Crippen molar-refractivity contribution in [1.82, 2.24) is 29.7 Å². The Morgan fingerprint density at radius 3 is 2.43 bits per heavy atom. The molecule has 0 N–H and O–H groups in total. The van der Waals surface area contributed by atoms with Crippen LogP contribution in [0.4, 0.5) is 4.39 Å². The van der Waals surface area contributed by atoms with Gasteiger partial charge in [0.2, 0.25) is 0 Å². The number of halogens is 1. The SMILES string of the molecule is Cc1nn(C)c(C)c1CN(C(=O)c1nnn(-c2ccc(F)cc2)c1C)C1CC1. The van der Waals surface area contributed by atoms with Gasteiger partial charge < -0.3 is 4.90 Å². The normalized spacial score (nSPS) is 13.8. The summed E-state index contributed by atoms with van der Waals surface area (Å²) in [6.07, 6.45) is 1.99. The molecule has 1 fully saturated rings. The van der Waals surface area contributed by atoms with Gasteiger partial charge >= 0.3 is 0 Å². The van der Waals surface area contributed by atoms with Crippen molar-refractivity contribution in [3.8, 4) is 5.69 Å². The van der Waals surface area contributed by atoms with Crippen LogP contribution in [0.15, 0.2) is 24.3 Å². The van der Waals surface area contributed by atoms with Crippen molar-refractivity contribution in [2.75, 3.05) is 0 Å². The van der Waals surface area contributed by atoms with Crippen LogP contribution in [-0.4, -0.2) is 41.6 Å². The number of benzene rings is 1. The molecule has 0 radical (unpaired) electrons. The minimum Gasteiger partial charge on any atom is -0.330 e. The number of amides is 1. The molecule has 1 saturated carbocycles. The second kappa shape index (κ2) is 6.85. The molecule has 1 amide bonds. The van der Waals surface area contributed by atoms with Gasteiger partial charge in [0.05, 0.1) is 17.1 Å². The Kier molecular flexibility index (Phi) is 4.49. The van der Waals surface area contributed by atoms with Gasteiger partial charge in [-0.15, -0.1) is 5.10 Å². The fourth-order valence-electron chi connectivity index (χ4n) is 3.46. The number of hydrogen-bond donors (Lipinski definition) is 0. The molecule has 1 aromatic carbocycles. The lowest BCUT2D eigenvalue weighted by Crippen LogP contribution is -2.33. The molecule has 0 aliphatic heterocycles. The van der Waals surface area contributed by atoms with Gasteiger partial charge in [0.25, 0.3) is 5.91 Å². The van der Waals surface area contributed by atoms with E-state index in [1.165, 1.54) is 12.1 Å². The molecule has 1 aliphatic rings. The molecule has 3 aromatic rings. The van der Waals surface area contributed by atoms with Gasteiger partial charge in [-0.2, -0.15) is 5.10 Å². The van der Waals surface area contributed by atoms with E-state index in [0.29, 0.717) is 23.6 Å². The van der Waals surface area contributed by atoms with Crippen LogP contribution in [-0.2, 0) is 13.6 Å². The molecule has 4 rings (SSSR count). The van der Waals surface area contributed by atoms with Crippen LogP contribution < -0.4 is 0 Å². The van der Waals surface area contributed by atoms with Crippen molar-refractivity contribution in [3.05, 3.63) is 58.4 Å². The Morgan fingerprint density at radius 1 is 1.18 bits per heavy atom. The minimum atomic E-state index is -0.320. The summed E-state index contributed by atoms with van der Waals surface area (Å²) in [6.45, 7) is 6.30. The van der Waals surface area contributed by atoms with Crippen LogP contribution in [0.1, 0.15) is 46.0 Å². The Hall–Kier alpha value is -3.03. The molecular weight excluding hydrogens is 359 g/mol. The highest BCUT2D eigenvalue weighted by Gasteiger charge is 2.36. The number of rotatable bonds is 5. The smallest absolute Gasteiger partial charge is 0.276 e. The standard InChI is InChI=1S/C20H23FN6O/c1-12-18(13(2)25(4)23-12)11-26(16-9-10-16)20(28)19-14(3)27(24-22-19)17-7-5-15(21)6-8-17/h5-8,16H,9-11H2,1-4H3. The highest BCUT2D eigenvalue weighted by Crippen LogP contribution is 2.31. The highest BCUT2D eigenvalue weighted by molar-refractivity contribution is 5.93. The monoisotopic (exact) mass is 382 g/mol. The summed E-state index contributed by atoms with van der Waals surface area (Å²) in [6, 6.07) is 6.19. The number of hydrogen-bond acceptors (Lipinski definition) is 4. The van der Waals surface area contributed by atoms with Gasteiger partial charge in [0.1, 0.15) is 5.82 Å². The average molecular weight is 382 g/mol. The Morgan fingerprint density at radius 2 is 1.86 bits per heavy atom. The third kappa shape index (κ3) is 3.19. The summed E-state index contributed by atoms with van der Waals surface area (Å²) in [7, 11) is 1.91. The van der Waals surface area contributed by atoms with Gasteiger partial charge in [0, 0.05) is 30.9 Å². The second-order valence-electron chi connectivity index (χ2n) is 7.35. The van der Waals surface area contributed by atoms with Crippen molar-refractivity contribution in [1.29, 1.82) is 0 Å². The third-order valence-electron chi connectivity index (χ3n) is 5.40. The van der Waals surface area contributed by atoms with Gasteiger partial charge in [0.15, 0.2) is 5.69 Å². The van der Waals surface area contributed by atoms with Gasteiger partial charge in [-0.3, -0.25) is 9.48 Å². The molecule has 0 unspecified atom stereocenters.